The minimum atomic E-state index is -2.53. The predicted molar refractivity (Wildman–Crippen MR) is 105 cm³/mol. The van der Waals surface area contributed by atoms with Crippen LogP contribution >= 0.6 is 0 Å². The van der Waals surface area contributed by atoms with Crippen molar-refractivity contribution >= 4 is 23.7 Å². The number of rotatable bonds is 4. The zero-order valence-electron chi connectivity index (χ0n) is 16.3. The van der Waals surface area contributed by atoms with Crippen molar-refractivity contribution in [3.8, 4) is 5.75 Å². The molecule has 0 bridgehead atoms. The Morgan fingerprint density at radius 1 is 1.34 bits per heavy atom. The van der Waals surface area contributed by atoms with Crippen molar-refractivity contribution in [1.29, 1.82) is 0 Å². The number of anilines is 1. The van der Waals surface area contributed by atoms with Crippen LogP contribution in [0.15, 0.2) is 18.2 Å². The van der Waals surface area contributed by atoms with Crippen LogP contribution in [0.2, 0.25) is 0 Å². The largest absolute Gasteiger partial charge is 0.491 e. The van der Waals surface area contributed by atoms with E-state index < -0.39 is 12.0 Å². The molecule has 0 aromatic heterocycles. The van der Waals surface area contributed by atoms with E-state index in [1.807, 2.05) is 24.3 Å². The Morgan fingerprint density at radius 3 is 2.79 bits per heavy atom. The highest BCUT2D eigenvalue weighted by molar-refractivity contribution is 6.00. The van der Waals surface area contributed by atoms with Gasteiger partial charge in [-0.25, -0.2) is 13.6 Å². The van der Waals surface area contributed by atoms with E-state index in [0.717, 1.165) is 17.5 Å². The van der Waals surface area contributed by atoms with Crippen molar-refractivity contribution in [2.45, 2.75) is 44.1 Å². The van der Waals surface area contributed by atoms with Crippen LogP contribution in [-0.4, -0.2) is 49.0 Å². The summed E-state index contributed by atoms with van der Waals surface area (Å²) in [5.41, 5.74) is 2.48. The summed E-state index contributed by atoms with van der Waals surface area (Å²) in [6.45, 7) is 0.808. The van der Waals surface area contributed by atoms with Gasteiger partial charge < -0.3 is 20.3 Å². The fourth-order valence-electron chi connectivity index (χ4n) is 4.10. The first-order valence-corrected chi connectivity index (χ1v) is 10.00. The zero-order chi connectivity index (χ0) is 20.6. The molecule has 1 aliphatic carbocycles. The van der Waals surface area contributed by atoms with Gasteiger partial charge in [-0.15, -0.1) is 0 Å². The molecule has 29 heavy (non-hydrogen) atoms. The van der Waals surface area contributed by atoms with Crippen LogP contribution in [0.5, 0.6) is 5.75 Å². The summed E-state index contributed by atoms with van der Waals surface area (Å²) < 4.78 is 32.4. The molecular weight excluding hydrogens is 380 g/mol. The SMILES string of the molecule is CN1C(=O)NCC1C(=O)Nc1cc(C=CC2CCC(F)(F)CC2)cc2c1OCC2. The Balaban J connectivity index is 1.50. The second kappa shape index (κ2) is 7.65. The molecule has 2 aliphatic heterocycles. The molecule has 1 unspecified atom stereocenters. The first-order valence-electron chi connectivity index (χ1n) is 10.00. The molecule has 1 atom stereocenters. The molecule has 1 aromatic rings. The molecule has 1 saturated heterocycles. The van der Waals surface area contributed by atoms with Gasteiger partial charge in [0.05, 0.1) is 12.3 Å². The van der Waals surface area contributed by atoms with E-state index in [0.29, 0.717) is 30.9 Å². The maximum absolute atomic E-state index is 13.3. The quantitative estimate of drug-likeness (QED) is 0.806. The monoisotopic (exact) mass is 405 g/mol. The van der Waals surface area contributed by atoms with Gasteiger partial charge in [-0.1, -0.05) is 12.2 Å². The van der Waals surface area contributed by atoms with Crippen LogP contribution in [0.3, 0.4) is 0 Å². The number of amides is 3. The molecule has 3 amide bonds. The maximum Gasteiger partial charge on any atom is 0.317 e. The van der Waals surface area contributed by atoms with Crippen molar-refractivity contribution in [2.24, 2.45) is 5.92 Å². The van der Waals surface area contributed by atoms with E-state index in [9.17, 15) is 18.4 Å². The van der Waals surface area contributed by atoms with Crippen LogP contribution < -0.4 is 15.4 Å². The van der Waals surface area contributed by atoms with Gasteiger partial charge >= 0.3 is 6.03 Å². The van der Waals surface area contributed by atoms with E-state index >= 15 is 0 Å². The molecular formula is C21H25F2N3O3. The number of hydrogen-bond acceptors (Lipinski definition) is 3. The molecule has 3 aliphatic rings. The normalized spacial score (nSPS) is 23.8. The van der Waals surface area contributed by atoms with Crippen molar-refractivity contribution in [1.82, 2.24) is 10.2 Å². The van der Waals surface area contributed by atoms with Crippen LogP contribution in [0, 0.1) is 5.92 Å². The number of halogens is 2. The Hall–Kier alpha value is -2.64. The van der Waals surface area contributed by atoms with Gasteiger partial charge in [0.2, 0.25) is 11.8 Å². The van der Waals surface area contributed by atoms with E-state index in [1.54, 1.807) is 7.05 Å². The minimum absolute atomic E-state index is 0.0665. The number of benzene rings is 1. The second-order valence-electron chi connectivity index (χ2n) is 8.01. The lowest BCUT2D eigenvalue weighted by Crippen LogP contribution is -2.40. The number of nitrogens with one attached hydrogen (secondary N) is 2. The summed E-state index contributed by atoms with van der Waals surface area (Å²) >= 11 is 0. The van der Waals surface area contributed by atoms with Gasteiger partial charge in [0.1, 0.15) is 11.8 Å². The lowest BCUT2D eigenvalue weighted by atomic mass is 9.86. The van der Waals surface area contributed by atoms with Crippen molar-refractivity contribution in [3.05, 3.63) is 29.3 Å². The highest BCUT2D eigenvalue weighted by Crippen LogP contribution is 2.38. The number of urea groups is 1. The molecule has 156 valence electrons. The predicted octanol–water partition coefficient (Wildman–Crippen LogP) is 3.42. The second-order valence-corrected chi connectivity index (χ2v) is 8.01. The molecule has 8 heteroatoms. The van der Waals surface area contributed by atoms with E-state index in [2.05, 4.69) is 10.6 Å². The summed E-state index contributed by atoms with van der Waals surface area (Å²) in [5, 5.41) is 5.54. The van der Waals surface area contributed by atoms with Crippen LogP contribution in [-0.2, 0) is 11.2 Å². The van der Waals surface area contributed by atoms with Crippen LogP contribution in [0.25, 0.3) is 6.08 Å². The maximum atomic E-state index is 13.3. The van der Waals surface area contributed by atoms with E-state index in [-0.39, 0.29) is 37.2 Å². The Labute approximate surface area is 168 Å². The number of carbonyl (C=O) groups excluding carboxylic acids is 2. The smallest absolute Gasteiger partial charge is 0.317 e. The molecule has 1 aromatic carbocycles. The topological polar surface area (TPSA) is 70.7 Å². The van der Waals surface area contributed by atoms with E-state index in [4.69, 9.17) is 4.74 Å². The number of fused-ring (bicyclic) bond motifs is 1. The molecule has 2 N–H and O–H groups in total. The molecule has 6 nitrogen and oxygen atoms in total. The van der Waals surface area contributed by atoms with Crippen LogP contribution in [0.4, 0.5) is 19.3 Å². The highest BCUT2D eigenvalue weighted by atomic mass is 19.3. The first-order chi connectivity index (χ1) is 13.8. The molecule has 2 fully saturated rings. The van der Waals surface area contributed by atoms with Crippen LogP contribution in [0.1, 0.15) is 36.8 Å². The number of likely N-dealkylation sites (N-methyl/N-ethyl adjacent to an activating group) is 1. The molecule has 0 radical (unpaired) electrons. The van der Waals surface area contributed by atoms with Gasteiger partial charge in [0.25, 0.3) is 0 Å². The number of ether oxygens (including phenoxy) is 1. The fourth-order valence-corrected chi connectivity index (χ4v) is 4.10. The number of nitrogens with zero attached hydrogens (tertiary/aromatic N) is 1. The van der Waals surface area contributed by atoms with Crippen molar-refractivity contribution in [3.63, 3.8) is 0 Å². The van der Waals surface area contributed by atoms with E-state index in [1.165, 1.54) is 4.90 Å². The lowest BCUT2D eigenvalue weighted by molar-refractivity contribution is -0.119. The average molecular weight is 405 g/mol. The standard InChI is InChI=1S/C21H25F2N3O3/c1-26-17(12-24-20(26)28)19(27)25-16-11-14(10-15-6-9-29-18(15)16)3-2-13-4-7-21(22,23)8-5-13/h2-3,10-11,13,17H,4-9,12H2,1H3,(H,24,28)(H,25,27). The Kier molecular flexibility index (Phi) is 5.19. The zero-order valence-corrected chi connectivity index (χ0v) is 16.3. The summed E-state index contributed by atoms with van der Waals surface area (Å²) in [6.07, 6.45) is 5.51. The van der Waals surface area contributed by atoms with Gasteiger partial charge in [0, 0.05) is 38.4 Å². The lowest BCUT2D eigenvalue weighted by Gasteiger charge is -2.26. The third-order valence-corrected chi connectivity index (χ3v) is 5.92. The Bertz CT molecular complexity index is 846. The fraction of sp³-hybridized carbons (Fsp3) is 0.524. The average Bonchev–Trinajstić information content (AvgIpc) is 3.28. The van der Waals surface area contributed by atoms with Gasteiger partial charge in [0.15, 0.2) is 0 Å². The number of carbonyl (C=O) groups is 2. The summed E-state index contributed by atoms with van der Waals surface area (Å²) in [7, 11) is 1.58. The number of allylic oxidation sites excluding steroid dienone is 1. The van der Waals surface area contributed by atoms with Gasteiger partial charge in [-0.3, -0.25) is 4.79 Å². The van der Waals surface area contributed by atoms with Gasteiger partial charge in [-0.05, 0) is 36.5 Å². The molecule has 4 rings (SSSR count). The minimum Gasteiger partial charge on any atom is -0.491 e. The van der Waals surface area contributed by atoms with Crippen molar-refractivity contribution < 1.29 is 23.1 Å². The van der Waals surface area contributed by atoms with Crippen molar-refractivity contribution in [2.75, 3.05) is 25.5 Å². The molecule has 2 heterocycles. The van der Waals surface area contributed by atoms with Gasteiger partial charge in [-0.2, -0.15) is 0 Å². The number of hydrogen-bond donors (Lipinski definition) is 2. The third kappa shape index (κ3) is 4.21. The summed E-state index contributed by atoms with van der Waals surface area (Å²) in [5.74, 6) is -2.01. The number of alkyl halides is 2. The molecule has 0 spiro atoms. The molecule has 1 saturated carbocycles. The third-order valence-electron chi connectivity index (χ3n) is 5.92. The Morgan fingerprint density at radius 2 is 2.10 bits per heavy atom. The highest BCUT2D eigenvalue weighted by Gasteiger charge is 2.35. The summed E-state index contributed by atoms with van der Waals surface area (Å²) in [6, 6.07) is 2.99. The summed E-state index contributed by atoms with van der Waals surface area (Å²) in [4.78, 5) is 25.6. The first kappa shape index (κ1) is 19.7.